The van der Waals surface area contributed by atoms with E-state index in [0.29, 0.717) is 12.1 Å². The summed E-state index contributed by atoms with van der Waals surface area (Å²) in [7, 11) is -4.07. The Morgan fingerprint density at radius 2 is 1.77 bits per heavy atom. The number of benzene rings is 1. The summed E-state index contributed by atoms with van der Waals surface area (Å²) < 4.78 is 25.1. The van der Waals surface area contributed by atoms with E-state index in [1.165, 1.54) is 18.3 Å². The Balaban J connectivity index is 1.71. The lowest BCUT2D eigenvalue weighted by Crippen LogP contribution is -2.37. The largest absolute Gasteiger partial charge is 0.365 e. The fourth-order valence-electron chi connectivity index (χ4n) is 3.32. The van der Waals surface area contributed by atoms with E-state index in [-0.39, 0.29) is 10.6 Å². The average Bonchev–Trinajstić information content (AvgIpc) is 3.05. The van der Waals surface area contributed by atoms with Gasteiger partial charge >= 0.3 is 0 Å². The zero-order valence-electron chi connectivity index (χ0n) is 16.4. The monoisotopic (exact) mass is 449 g/mol. The first-order valence-electron chi connectivity index (χ1n) is 9.50. The molecule has 4 N–H and O–H groups in total. The first-order chi connectivity index (χ1) is 14.2. The second-order valence-corrected chi connectivity index (χ2v) is 10.6. The maximum Gasteiger partial charge on any atom is 0.251 e. The SMILES string of the molecule is CC(C(=O)Nc1sc2c(c1C(N)=O)CCCC2)S(=O)(=O)CC(=O)Nc1ccccc1. The van der Waals surface area contributed by atoms with E-state index in [0.717, 1.165) is 29.7 Å². The average molecular weight is 450 g/mol. The predicted octanol–water partition coefficient (Wildman–Crippen LogP) is 2.11. The predicted molar refractivity (Wildman–Crippen MR) is 116 cm³/mol. The van der Waals surface area contributed by atoms with Crippen LogP contribution in [0, 0.1) is 0 Å². The zero-order chi connectivity index (χ0) is 21.9. The zero-order valence-corrected chi connectivity index (χ0v) is 18.1. The molecule has 0 saturated heterocycles. The Labute approximate surface area is 178 Å². The number of para-hydroxylation sites is 1. The highest BCUT2D eigenvalue weighted by Crippen LogP contribution is 2.38. The molecule has 0 fully saturated rings. The second kappa shape index (κ2) is 8.97. The molecule has 0 saturated carbocycles. The molecular weight excluding hydrogens is 426 g/mol. The van der Waals surface area contributed by atoms with Crippen LogP contribution in [0.2, 0.25) is 0 Å². The van der Waals surface area contributed by atoms with Gasteiger partial charge in [-0.05, 0) is 50.3 Å². The van der Waals surface area contributed by atoms with Crippen molar-refractivity contribution in [1.82, 2.24) is 0 Å². The number of nitrogens with two attached hydrogens (primary N) is 1. The topological polar surface area (TPSA) is 135 Å². The van der Waals surface area contributed by atoms with Crippen molar-refractivity contribution in [1.29, 1.82) is 0 Å². The van der Waals surface area contributed by atoms with Gasteiger partial charge in [-0.25, -0.2) is 8.42 Å². The van der Waals surface area contributed by atoms with Crippen molar-refractivity contribution in [3.63, 3.8) is 0 Å². The molecule has 1 atom stereocenters. The number of nitrogens with one attached hydrogen (secondary N) is 2. The minimum atomic E-state index is -4.07. The molecule has 0 aliphatic heterocycles. The summed E-state index contributed by atoms with van der Waals surface area (Å²) >= 11 is 1.26. The van der Waals surface area contributed by atoms with Crippen LogP contribution in [0.15, 0.2) is 30.3 Å². The number of anilines is 2. The van der Waals surface area contributed by atoms with Gasteiger partial charge in [0.15, 0.2) is 9.84 Å². The standard InChI is InChI=1S/C20H23N3O5S2/c1-12(30(27,28)11-16(24)22-13-7-3-2-4-8-13)19(26)23-20-17(18(21)25)14-9-5-6-10-15(14)29-20/h2-4,7-8,12H,5-6,9-11H2,1H3,(H2,21,25)(H,22,24)(H,23,26). The van der Waals surface area contributed by atoms with Crippen molar-refractivity contribution in [2.75, 3.05) is 16.4 Å². The number of thiophene rings is 1. The van der Waals surface area contributed by atoms with E-state index < -0.39 is 38.6 Å². The van der Waals surface area contributed by atoms with Crippen LogP contribution in [-0.4, -0.2) is 37.1 Å². The normalized spacial score (nSPS) is 14.4. The summed E-state index contributed by atoms with van der Waals surface area (Å²) in [4.78, 5) is 37.6. The lowest BCUT2D eigenvalue weighted by atomic mass is 9.95. The molecular formula is C20H23N3O5S2. The van der Waals surface area contributed by atoms with Crippen molar-refractivity contribution >= 4 is 49.6 Å². The first-order valence-corrected chi connectivity index (χ1v) is 12.0. The number of primary amides is 1. The Morgan fingerprint density at radius 3 is 2.43 bits per heavy atom. The van der Waals surface area contributed by atoms with Gasteiger partial charge in [-0.2, -0.15) is 0 Å². The number of fused-ring (bicyclic) bond motifs is 1. The van der Waals surface area contributed by atoms with Gasteiger partial charge in [-0.1, -0.05) is 18.2 Å². The van der Waals surface area contributed by atoms with Crippen LogP contribution >= 0.6 is 11.3 Å². The van der Waals surface area contributed by atoms with Gasteiger partial charge in [0.25, 0.3) is 5.91 Å². The third-order valence-electron chi connectivity index (χ3n) is 4.95. The summed E-state index contributed by atoms with van der Waals surface area (Å²) in [5.74, 6) is -3.02. The minimum absolute atomic E-state index is 0.259. The molecule has 8 nitrogen and oxygen atoms in total. The third-order valence-corrected chi connectivity index (χ3v) is 8.12. The number of carbonyl (C=O) groups is 3. The first kappa shape index (κ1) is 22.0. The van der Waals surface area contributed by atoms with Gasteiger partial charge < -0.3 is 16.4 Å². The number of amides is 3. The minimum Gasteiger partial charge on any atom is -0.365 e. The number of hydrogen-bond donors (Lipinski definition) is 3. The highest BCUT2D eigenvalue weighted by Gasteiger charge is 2.32. The van der Waals surface area contributed by atoms with Crippen LogP contribution in [-0.2, 0) is 32.3 Å². The summed E-state index contributed by atoms with van der Waals surface area (Å²) in [5, 5.41) is 3.84. The van der Waals surface area contributed by atoms with Gasteiger partial charge in [0.1, 0.15) is 16.0 Å². The molecule has 1 unspecified atom stereocenters. The summed E-state index contributed by atoms with van der Waals surface area (Å²) in [5.41, 5.74) is 7.07. The van der Waals surface area contributed by atoms with Gasteiger partial charge in [0.05, 0.1) is 5.56 Å². The van der Waals surface area contributed by atoms with Gasteiger partial charge in [-0.15, -0.1) is 11.3 Å². The Kier molecular flexibility index (Phi) is 6.57. The Bertz CT molecular complexity index is 1080. The van der Waals surface area contributed by atoms with Crippen molar-refractivity contribution in [2.45, 2.75) is 37.9 Å². The number of hydrogen-bond acceptors (Lipinski definition) is 6. The Morgan fingerprint density at radius 1 is 1.10 bits per heavy atom. The molecule has 0 radical (unpaired) electrons. The number of sulfone groups is 1. The van der Waals surface area contributed by atoms with Crippen LogP contribution in [0.1, 0.15) is 40.6 Å². The molecule has 2 aromatic rings. The molecule has 1 aliphatic rings. The van der Waals surface area contributed by atoms with Crippen LogP contribution in [0.3, 0.4) is 0 Å². The lowest BCUT2D eigenvalue weighted by molar-refractivity contribution is -0.115. The number of carbonyl (C=O) groups excluding carboxylic acids is 3. The molecule has 1 aromatic carbocycles. The summed E-state index contributed by atoms with van der Waals surface area (Å²) in [6.45, 7) is 1.22. The van der Waals surface area contributed by atoms with Crippen LogP contribution < -0.4 is 16.4 Å². The van der Waals surface area contributed by atoms with Crippen LogP contribution in [0.4, 0.5) is 10.7 Å². The quantitative estimate of drug-likeness (QED) is 0.595. The van der Waals surface area contributed by atoms with E-state index in [2.05, 4.69) is 10.6 Å². The maximum atomic E-state index is 12.6. The number of rotatable bonds is 7. The van der Waals surface area contributed by atoms with Crippen molar-refractivity contribution in [2.24, 2.45) is 5.73 Å². The van der Waals surface area contributed by atoms with E-state index in [1.54, 1.807) is 30.3 Å². The molecule has 1 aliphatic carbocycles. The van der Waals surface area contributed by atoms with Gasteiger partial charge in [0, 0.05) is 10.6 Å². The lowest BCUT2D eigenvalue weighted by Gasteiger charge is -2.14. The molecule has 3 rings (SSSR count). The second-order valence-electron chi connectivity index (χ2n) is 7.13. The highest BCUT2D eigenvalue weighted by molar-refractivity contribution is 7.93. The van der Waals surface area contributed by atoms with Gasteiger partial charge in [0.2, 0.25) is 11.8 Å². The van der Waals surface area contributed by atoms with E-state index >= 15 is 0 Å². The van der Waals surface area contributed by atoms with Gasteiger partial charge in [-0.3, -0.25) is 14.4 Å². The number of aryl methyl sites for hydroxylation is 1. The molecule has 10 heteroatoms. The molecule has 160 valence electrons. The van der Waals surface area contributed by atoms with Crippen molar-refractivity contribution in [3.8, 4) is 0 Å². The third kappa shape index (κ3) is 4.88. The molecule has 0 spiro atoms. The molecule has 0 bridgehead atoms. The molecule has 1 aromatic heterocycles. The highest BCUT2D eigenvalue weighted by atomic mass is 32.2. The molecule has 30 heavy (non-hydrogen) atoms. The van der Waals surface area contributed by atoms with Crippen molar-refractivity contribution in [3.05, 3.63) is 46.3 Å². The van der Waals surface area contributed by atoms with E-state index in [9.17, 15) is 22.8 Å². The molecule has 3 amide bonds. The Hall–Kier alpha value is -2.72. The van der Waals surface area contributed by atoms with E-state index in [1.807, 2.05) is 0 Å². The molecule has 1 heterocycles. The van der Waals surface area contributed by atoms with E-state index in [4.69, 9.17) is 5.73 Å². The summed E-state index contributed by atoms with van der Waals surface area (Å²) in [6, 6.07) is 8.44. The summed E-state index contributed by atoms with van der Waals surface area (Å²) in [6.07, 6.45) is 3.41. The maximum absolute atomic E-state index is 12.6. The smallest absolute Gasteiger partial charge is 0.251 e. The fourth-order valence-corrected chi connectivity index (χ4v) is 5.69. The fraction of sp³-hybridized carbons (Fsp3) is 0.350. The van der Waals surface area contributed by atoms with Crippen LogP contribution in [0.25, 0.3) is 0 Å². The van der Waals surface area contributed by atoms with Crippen molar-refractivity contribution < 1.29 is 22.8 Å². The van der Waals surface area contributed by atoms with Crippen LogP contribution in [0.5, 0.6) is 0 Å².